The van der Waals surface area contributed by atoms with Gasteiger partial charge in [0.1, 0.15) is 18.9 Å². The van der Waals surface area contributed by atoms with Crippen molar-refractivity contribution in [3.05, 3.63) is 89.1 Å². The number of benzene rings is 1. The molecule has 0 bridgehead atoms. The Kier molecular flexibility index (Phi) is 5.89. The van der Waals surface area contributed by atoms with E-state index in [1.165, 1.54) is 24.6 Å². The lowest BCUT2D eigenvalue weighted by Gasteiger charge is -2.07. The fraction of sp³-hybridized carbons (Fsp3) is 0.357. The first kappa shape index (κ1) is 22.7. The molecule has 4 aromatic rings. The number of hydrogen-bond acceptors (Lipinski definition) is 6. The van der Waals surface area contributed by atoms with E-state index in [4.69, 9.17) is 14.5 Å². The minimum atomic E-state index is -0.406. The number of fused-ring (bicyclic) bond motifs is 1. The lowest BCUT2D eigenvalue weighted by atomic mass is 10.0. The van der Waals surface area contributed by atoms with Crippen molar-refractivity contribution in [2.45, 2.75) is 44.2 Å². The number of carbonyl (C=O) groups is 2. The molecule has 0 radical (unpaired) electrons. The van der Waals surface area contributed by atoms with Crippen molar-refractivity contribution < 1.29 is 19.1 Å². The average Bonchev–Trinajstić information content (AvgIpc) is 3.80. The summed E-state index contributed by atoms with van der Waals surface area (Å²) in [7, 11) is 1.56. The van der Waals surface area contributed by atoms with E-state index in [0.717, 1.165) is 28.9 Å². The van der Waals surface area contributed by atoms with Crippen LogP contribution in [0.1, 0.15) is 63.8 Å². The summed E-state index contributed by atoms with van der Waals surface area (Å²) in [6.07, 6.45) is 10.7. The second-order valence-corrected chi connectivity index (χ2v) is 9.80. The SMILES string of the molecule is COCC(=O)C1CC1c1cc(C2CC2)cn2cc(Cn3cc(C(=O)OCc4ccccc4)cn3)nc12. The molecular formula is C28H28N4O4. The highest BCUT2D eigenvalue weighted by Gasteiger charge is 2.45. The van der Waals surface area contributed by atoms with Gasteiger partial charge in [-0.15, -0.1) is 0 Å². The van der Waals surface area contributed by atoms with Gasteiger partial charge in [-0.1, -0.05) is 36.4 Å². The molecule has 2 aliphatic rings. The molecule has 2 saturated carbocycles. The number of ether oxygens (including phenoxy) is 2. The third-order valence-corrected chi connectivity index (χ3v) is 7.00. The number of pyridine rings is 1. The topological polar surface area (TPSA) is 87.7 Å². The van der Waals surface area contributed by atoms with E-state index >= 15 is 0 Å². The molecule has 0 aliphatic heterocycles. The van der Waals surface area contributed by atoms with Gasteiger partial charge in [-0.05, 0) is 47.8 Å². The second-order valence-electron chi connectivity index (χ2n) is 9.80. The van der Waals surface area contributed by atoms with Crippen LogP contribution in [0.5, 0.6) is 0 Å². The Morgan fingerprint density at radius 1 is 1.11 bits per heavy atom. The number of nitrogens with zero attached hydrogens (tertiary/aromatic N) is 4. The van der Waals surface area contributed by atoms with Gasteiger partial charge < -0.3 is 13.9 Å². The number of imidazole rings is 1. The molecule has 2 atom stereocenters. The highest BCUT2D eigenvalue weighted by atomic mass is 16.5. The molecule has 0 spiro atoms. The summed E-state index contributed by atoms with van der Waals surface area (Å²) in [6, 6.07) is 11.8. The predicted molar refractivity (Wildman–Crippen MR) is 132 cm³/mol. The fourth-order valence-corrected chi connectivity index (χ4v) is 4.86. The van der Waals surface area contributed by atoms with E-state index in [2.05, 4.69) is 21.8 Å². The zero-order valence-corrected chi connectivity index (χ0v) is 20.2. The van der Waals surface area contributed by atoms with E-state index in [1.54, 1.807) is 18.0 Å². The zero-order chi connectivity index (χ0) is 24.6. The van der Waals surface area contributed by atoms with Gasteiger partial charge in [0.25, 0.3) is 0 Å². The van der Waals surface area contributed by atoms with Gasteiger partial charge in [0, 0.05) is 31.6 Å². The molecule has 1 aromatic carbocycles. The molecule has 3 aromatic heterocycles. The average molecular weight is 485 g/mol. The summed E-state index contributed by atoms with van der Waals surface area (Å²) in [5, 5.41) is 4.35. The highest BCUT2D eigenvalue weighted by molar-refractivity contribution is 5.88. The number of esters is 1. The lowest BCUT2D eigenvalue weighted by molar-refractivity contribution is -0.123. The van der Waals surface area contributed by atoms with Crippen LogP contribution in [-0.2, 0) is 27.4 Å². The first-order valence-electron chi connectivity index (χ1n) is 12.4. The van der Waals surface area contributed by atoms with Crippen LogP contribution in [0.2, 0.25) is 0 Å². The van der Waals surface area contributed by atoms with Crippen LogP contribution in [-0.4, -0.2) is 44.6 Å². The predicted octanol–water partition coefficient (Wildman–Crippen LogP) is 4.13. The van der Waals surface area contributed by atoms with Crippen LogP contribution in [0.15, 0.2) is 61.2 Å². The van der Waals surface area contributed by atoms with E-state index in [-0.39, 0.29) is 30.8 Å². The van der Waals surface area contributed by atoms with Crippen LogP contribution in [0.25, 0.3) is 5.65 Å². The second kappa shape index (κ2) is 9.35. The monoisotopic (exact) mass is 484 g/mol. The molecule has 0 saturated heterocycles. The number of carbonyl (C=O) groups excluding carboxylic acids is 2. The van der Waals surface area contributed by atoms with Crippen molar-refractivity contribution in [1.82, 2.24) is 19.2 Å². The number of methoxy groups -OCH3 is 1. The first-order chi connectivity index (χ1) is 17.6. The van der Waals surface area contributed by atoms with E-state index in [9.17, 15) is 9.59 Å². The van der Waals surface area contributed by atoms with Crippen molar-refractivity contribution >= 4 is 17.4 Å². The summed E-state index contributed by atoms with van der Waals surface area (Å²) in [5.74, 6) is 0.560. The van der Waals surface area contributed by atoms with Gasteiger partial charge in [0.05, 0.1) is 24.0 Å². The standard InChI is InChI=1S/C28H28N4O4/c1-35-17-26(33)24-10-23(24)25-9-20(19-7-8-19)12-31-14-22(30-27(25)31)15-32-13-21(11-29-32)28(34)36-16-18-5-3-2-4-6-18/h2-6,9,11-14,19,23-24H,7-8,10,15-17H2,1H3. The molecule has 6 rings (SSSR count). The maximum Gasteiger partial charge on any atom is 0.341 e. The zero-order valence-electron chi connectivity index (χ0n) is 20.2. The molecule has 2 fully saturated rings. The first-order valence-corrected chi connectivity index (χ1v) is 12.4. The molecular weight excluding hydrogens is 456 g/mol. The van der Waals surface area contributed by atoms with Crippen molar-refractivity contribution in [3.63, 3.8) is 0 Å². The smallest absolute Gasteiger partial charge is 0.341 e. The summed E-state index contributed by atoms with van der Waals surface area (Å²) in [5.41, 5.74) is 5.54. The van der Waals surface area contributed by atoms with Crippen LogP contribution in [0, 0.1) is 5.92 Å². The Labute approximate surface area is 208 Å². The number of aromatic nitrogens is 4. The quantitative estimate of drug-likeness (QED) is 0.315. The van der Waals surface area contributed by atoms with Crippen molar-refractivity contribution in [2.24, 2.45) is 5.92 Å². The number of hydrogen-bond donors (Lipinski definition) is 0. The van der Waals surface area contributed by atoms with E-state index in [1.807, 2.05) is 36.5 Å². The van der Waals surface area contributed by atoms with Crippen LogP contribution < -0.4 is 0 Å². The molecule has 0 N–H and O–H groups in total. The number of Topliss-reactive ketones (excluding diaryl/α,β-unsaturated/α-hetero) is 1. The molecule has 2 unspecified atom stereocenters. The molecule has 184 valence electrons. The van der Waals surface area contributed by atoms with Crippen LogP contribution in [0.3, 0.4) is 0 Å². The summed E-state index contributed by atoms with van der Waals surface area (Å²) in [4.78, 5) is 29.7. The molecule has 8 heteroatoms. The summed E-state index contributed by atoms with van der Waals surface area (Å²) in [6.45, 7) is 0.815. The highest BCUT2D eigenvalue weighted by Crippen LogP contribution is 2.51. The third kappa shape index (κ3) is 4.68. The molecule has 2 aliphatic carbocycles. The minimum absolute atomic E-state index is 0.0129. The van der Waals surface area contributed by atoms with Crippen molar-refractivity contribution in [1.29, 1.82) is 0 Å². The Morgan fingerprint density at radius 3 is 2.72 bits per heavy atom. The number of rotatable bonds is 10. The molecule has 3 heterocycles. The minimum Gasteiger partial charge on any atom is -0.457 e. The summed E-state index contributed by atoms with van der Waals surface area (Å²) < 4.78 is 14.3. The molecule has 8 nitrogen and oxygen atoms in total. The summed E-state index contributed by atoms with van der Waals surface area (Å²) >= 11 is 0. The largest absolute Gasteiger partial charge is 0.457 e. The number of ketones is 1. The lowest BCUT2D eigenvalue weighted by Crippen LogP contribution is -2.10. The van der Waals surface area contributed by atoms with Crippen LogP contribution >= 0.6 is 0 Å². The van der Waals surface area contributed by atoms with Gasteiger partial charge in [0.2, 0.25) is 0 Å². The maximum absolute atomic E-state index is 12.5. The normalized spacial score (nSPS) is 18.9. The van der Waals surface area contributed by atoms with E-state index < -0.39 is 5.97 Å². The van der Waals surface area contributed by atoms with Gasteiger partial charge in [-0.3, -0.25) is 9.48 Å². The maximum atomic E-state index is 12.5. The Balaban J connectivity index is 1.19. The van der Waals surface area contributed by atoms with Gasteiger partial charge in [-0.2, -0.15) is 5.10 Å². The van der Waals surface area contributed by atoms with Crippen molar-refractivity contribution in [3.8, 4) is 0 Å². The van der Waals surface area contributed by atoms with Gasteiger partial charge in [-0.25, -0.2) is 9.78 Å². The van der Waals surface area contributed by atoms with Crippen LogP contribution in [0.4, 0.5) is 0 Å². The Morgan fingerprint density at radius 2 is 1.94 bits per heavy atom. The van der Waals surface area contributed by atoms with Crippen molar-refractivity contribution in [2.75, 3.05) is 13.7 Å². The van der Waals surface area contributed by atoms with Gasteiger partial charge in [0.15, 0.2) is 5.78 Å². The third-order valence-electron chi connectivity index (χ3n) is 7.00. The van der Waals surface area contributed by atoms with Gasteiger partial charge >= 0.3 is 5.97 Å². The van der Waals surface area contributed by atoms with E-state index in [0.29, 0.717) is 18.0 Å². The molecule has 0 amide bonds. The fourth-order valence-electron chi connectivity index (χ4n) is 4.86. The molecule has 36 heavy (non-hydrogen) atoms. The Bertz CT molecular complexity index is 1420. The Hall–Kier alpha value is -3.78.